The van der Waals surface area contributed by atoms with Crippen LogP contribution in [0, 0.1) is 5.41 Å². The van der Waals surface area contributed by atoms with E-state index in [1.54, 1.807) is 17.1 Å². The zero-order valence-electron chi connectivity index (χ0n) is 9.16. The van der Waals surface area contributed by atoms with Crippen LogP contribution >= 0.6 is 0 Å². The lowest BCUT2D eigenvalue weighted by Crippen LogP contribution is -2.50. The summed E-state index contributed by atoms with van der Waals surface area (Å²) >= 11 is 0. The van der Waals surface area contributed by atoms with Gasteiger partial charge in [-0.15, -0.1) is 0 Å². The summed E-state index contributed by atoms with van der Waals surface area (Å²) in [6.45, 7) is 7.12. The van der Waals surface area contributed by atoms with Gasteiger partial charge in [0, 0.05) is 18.5 Å². The number of nitrogens with zero attached hydrogens (tertiary/aromatic N) is 1. The maximum absolute atomic E-state index is 11.6. The molecule has 1 heterocycles. The van der Waals surface area contributed by atoms with Gasteiger partial charge in [0.25, 0.3) is 0 Å². The van der Waals surface area contributed by atoms with E-state index < -0.39 is 0 Å². The second-order valence-electron chi connectivity index (χ2n) is 4.55. The fraction of sp³-hybridized carbons (Fsp3) is 0.727. The first-order chi connectivity index (χ1) is 6.47. The molecule has 1 saturated heterocycles. The fourth-order valence-corrected chi connectivity index (χ4v) is 1.78. The van der Waals surface area contributed by atoms with E-state index in [1.807, 2.05) is 20.8 Å². The quantitative estimate of drug-likeness (QED) is 0.641. The maximum atomic E-state index is 11.6. The first kappa shape index (κ1) is 11.2. The molecule has 1 aliphatic rings. The van der Waals surface area contributed by atoms with Crippen molar-refractivity contribution < 1.29 is 9.90 Å². The Balaban J connectivity index is 2.64. The molecule has 1 N–H and O–H groups in total. The van der Waals surface area contributed by atoms with Crippen LogP contribution in [0.15, 0.2) is 12.2 Å². The summed E-state index contributed by atoms with van der Waals surface area (Å²) in [6.07, 6.45) is 3.71. The van der Waals surface area contributed by atoms with E-state index in [1.165, 1.54) is 0 Å². The SMILES string of the molecule is C/C=C/C(=O)N1CCC(O)C(C)(C)C1. The lowest BCUT2D eigenvalue weighted by atomic mass is 9.81. The molecule has 0 saturated carbocycles. The van der Waals surface area contributed by atoms with Gasteiger partial charge in [-0.25, -0.2) is 0 Å². The lowest BCUT2D eigenvalue weighted by Gasteiger charge is -2.41. The Morgan fingerprint density at radius 2 is 2.21 bits per heavy atom. The Labute approximate surface area is 85.4 Å². The average molecular weight is 197 g/mol. The number of likely N-dealkylation sites (tertiary alicyclic amines) is 1. The van der Waals surface area contributed by atoms with Crippen molar-refractivity contribution in [3.05, 3.63) is 12.2 Å². The molecule has 1 fully saturated rings. The average Bonchev–Trinajstić information content (AvgIpc) is 2.10. The molecule has 0 aromatic rings. The Morgan fingerprint density at radius 1 is 1.57 bits per heavy atom. The van der Waals surface area contributed by atoms with E-state index in [-0.39, 0.29) is 17.4 Å². The van der Waals surface area contributed by atoms with Crippen LogP contribution in [-0.2, 0) is 4.79 Å². The van der Waals surface area contributed by atoms with Crippen molar-refractivity contribution >= 4 is 5.91 Å². The lowest BCUT2D eigenvalue weighted by molar-refractivity contribution is -0.132. The summed E-state index contributed by atoms with van der Waals surface area (Å²) in [4.78, 5) is 13.3. The molecule has 0 aliphatic carbocycles. The van der Waals surface area contributed by atoms with Crippen molar-refractivity contribution in [2.45, 2.75) is 33.3 Å². The largest absolute Gasteiger partial charge is 0.392 e. The normalized spacial score (nSPS) is 26.9. The zero-order chi connectivity index (χ0) is 10.8. The monoisotopic (exact) mass is 197 g/mol. The number of aliphatic hydroxyl groups is 1. The van der Waals surface area contributed by atoms with Crippen molar-refractivity contribution in [2.24, 2.45) is 5.41 Å². The third-order valence-electron chi connectivity index (χ3n) is 2.79. The molecule has 3 heteroatoms. The molecule has 1 aliphatic heterocycles. The Kier molecular flexibility index (Phi) is 3.32. The molecule has 14 heavy (non-hydrogen) atoms. The third kappa shape index (κ3) is 2.35. The summed E-state index contributed by atoms with van der Waals surface area (Å²) in [5.41, 5.74) is -0.185. The fourth-order valence-electron chi connectivity index (χ4n) is 1.78. The Hall–Kier alpha value is -0.830. The Bertz CT molecular complexity index is 246. The van der Waals surface area contributed by atoms with Crippen molar-refractivity contribution in [1.82, 2.24) is 4.90 Å². The second-order valence-corrected chi connectivity index (χ2v) is 4.55. The van der Waals surface area contributed by atoms with E-state index in [9.17, 15) is 9.90 Å². The molecule has 1 rings (SSSR count). The van der Waals surface area contributed by atoms with E-state index in [0.29, 0.717) is 19.5 Å². The predicted octanol–water partition coefficient (Wildman–Crippen LogP) is 1.18. The standard InChI is InChI=1S/C11H19NO2/c1-4-5-10(14)12-7-6-9(13)11(2,3)8-12/h4-5,9,13H,6-8H2,1-3H3/b5-4+. The molecule has 0 aromatic heterocycles. The summed E-state index contributed by atoms with van der Waals surface area (Å²) in [6, 6.07) is 0. The molecule has 0 aromatic carbocycles. The summed E-state index contributed by atoms with van der Waals surface area (Å²) in [5.74, 6) is 0.0486. The smallest absolute Gasteiger partial charge is 0.246 e. The second kappa shape index (κ2) is 4.13. The first-order valence-corrected chi connectivity index (χ1v) is 5.07. The molecular formula is C11H19NO2. The maximum Gasteiger partial charge on any atom is 0.246 e. The molecule has 1 amide bonds. The summed E-state index contributed by atoms with van der Waals surface area (Å²) < 4.78 is 0. The van der Waals surface area contributed by atoms with Gasteiger partial charge < -0.3 is 10.0 Å². The van der Waals surface area contributed by atoms with Crippen molar-refractivity contribution in [3.8, 4) is 0 Å². The molecule has 0 radical (unpaired) electrons. The molecule has 3 nitrogen and oxygen atoms in total. The number of piperidine rings is 1. The number of hydrogen-bond acceptors (Lipinski definition) is 2. The minimum Gasteiger partial charge on any atom is -0.392 e. The van der Waals surface area contributed by atoms with E-state index in [2.05, 4.69) is 0 Å². The number of hydrogen-bond donors (Lipinski definition) is 1. The number of allylic oxidation sites excluding steroid dienone is 1. The highest BCUT2D eigenvalue weighted by Gasteiger charge is 2.35. The molecule has 0 spiro atoms. The van der Waals surface area contributed by atoms with E-state index >= 15 is 0 Å². The van der Waals surface area contributed by atoms with Gasteiger partial charge in [0.1, 0.15) is 0 Å². The minimum absolute atomic E-state index is 0.0486. The van der Waals surface area contributed by atoms with Crippen molar-refractivity contribution in [2.75, 3.05) is 13.1 Å². The van der Waals surface area contributed by atoms with Gasteiger partial charge in [-0.3, -0.25) is 4.79 Å². The number of aliphatic hydroxyl groups excluding tert-OH is 1. The molecule has 0 bridgehead atoms. The molecule has 80 valence electrons. The van der Waals surface area contributed by atoms with Gasteiger partial charge in [-0.1, -0.05) is 19.9 Å². The van der Waals surface area contributed by atoms with E-state index in [4.69, 9.17) is 0 Å². The highest BCUT2D eigenvalue weighted by Crippen LogP contribution is 2.29. The van der Waals surface area contributed by atoms with Crippen molar-refractivity contribution in [1.29, 1.82) is 0 Å². The number of carbonyl (C=O) groups is 1. The van der Waals surface area contributed by atoms with Crippen LogP contribution < -0.4 is 0 Å². The van der Waals surface area contributed by atoms with Gasteiger partial charge in [-0.05, 0) is 19.4 Å². The van der Waals surface area contributed by atoms with Crippen LogP contribution in [0.25, 0.3) is 0 Å². The highest BCUT2D eigenvalue weighted by molar-refractivity contribution is 5.87. The third-order valence-corrected chi connectivity index (χ3v) is 2.79. The van der Waals surface area contributed by atoms with Crippen LogP contribution in [-0.4, -0.2) is 35.1 Å². The summed E-state index contributed by atoms with van der Waals surface area (Å²) in [5, 5.41) is 9.71. The van der Waals surface area contributed by atoms with E-state index in [0.717, 1.165) is 0 Å². The summed E-state index contributed by atoms with van der Waals surface area (Å²) in [7, 11) is 0. The predicted molar refractivity (Wildman–Crippen MR) is 55.8 cm³/mol. The number of carbonyl (C=O) groups excluding carboxylic acids is 1. The highest BCUT2D eigenvalue weighted by atomic mass is 16.3. The van der Waals surface area contributed by atoms with Crippen LogP contribution in [0.2, 0.25) is 0 Å². The molecular weight excluding hydrogens is 178 g/mol. The number of rotatable bonds is 1. The molecule has 1 atom stereocenters. The van der Waals surface area contributed by atoms with Crippen LogP contribution in [0.5, 0.6) is 0 Å². The van der Waals surface area contributed by atoms with Crippen LogP contribution in [0.3, 0.4) is 0 Å². The van der Waals surface area contributed by atoms with Gasteiger partial charge in [0.15, 0.2) is 0 Å². The van der Waals surface area contributed by atoms with Crippen LogP contribution in [0.1, 0.15) is 27.2 Å². The zero-order valence-corrected chi connectivity index (χ0v) is 9.16. The van der Waals surface area contributed by atoms with Gasteiger partial charge in [0.2, 0.25) is 5.91 Å². The van der Waals surface area contributed by atoms with Gasteiger partial charge >= 0.3 is 0 Å². The first-order valence-electron chi connectivity index (χ1n) is 5.07. The van der Waals surface area contributed by atoms with Crippen molar-refractivity contribution in [3.63, 3.8) is 0 Å². The molecule has 1 unspecified atom stereocenters. The van der Waals surface area contributed by atoms with Crippen LogP contribution in [0.4, 0.5) is 0 Å². The van der Waals surface area contributed by atoms with Gasteiger partial charge in [0.05, 0.1) is 6.10 Å². The van der Waals surface area contributed by atoms with Gasteiger partial charge in [-0.2, -0.15) is 0 Å². The minimum atomic E-state index is -0.294. The number of amides is 1. The topological polar surface area (TPSA) is 40.5 Å². The Morgan fingerprint density at radius 3 is 2.71 bits per heavy atom.